The van der Waals surface area contributed by atoms with Crippen LogP contribution in [0, 0.1) is 17.6 Å². The Morgan fingerprint density at radius 1 is 0.656 bits per heavy atom. The minimum atomic E-state index is -8.09. The summed E-state index contributed by atoms with van der Waals surface area (Å²) in [6.45, 7) is -2.20. The van der Waals surface area contributed by atoms with Gasteiger partial charge in [-0.15, -0.1) is 0 Å². The predicted octanol–water partition coefficient (Wildman–Crippen LogP) is 5.59. The van der Waals surface area contributed by atoms with E-state index in [1.54, 1.807) is 0 Å². The lowest BCUT2D eigenvalue weighted by molar-refractivity contribution is -0.440. The van der Waals surface area contributed by atoms with Crippen LogP contribution in [-0.2, 0) is 0 Å². The first-order chi connectivity index (χ1) is 14.0. The fourth-order valence-corrected chi connectivity index (χ4v) is 1.88. The summed E-state index contributed by atoms with van der Waals surface area (Å²) < 4.78 is 211. The second-order valence-corrected chi connectivity index (χ2v) is 5.84. The molecule has 0 saturated carbocycles. The van der Waals surface area contributed by atoms with Gasteiger partial charge in [-0.05, 0) is 0 Å². The molecule has 0 spiro atoms. The van der Waals surface area contributed by atoms with Crippen molar-refractivity contribution in [3.8, 4) is 5.75 Å². The standard InChI is InChI=1S/C13H6F16N2O/c14-3-5(4(15)7(30)31-6(3)16)32-2-1-8(17,18)9(19,20)10(21,22)11(23,24)12(25,26)13(27,28)29/h1-2H2,(H2,30,31). The number of rotatable bonds is 8. The molecule has 1 aromatic rings. The van der Waals surface area contributed by atoms with Crippen LogP contribution in [0.3, 0.4) is 0 Å². The van der Waals surface area contributed by atoms with Crippen molar-refractivity contribution < 1.29 is 75.0 Å². The Kier molecular flexibility index (Phi) is 6.82. The zero-order chi connectivity index (χ0) is 25.7. The number of nitrogens with two attached hydrogens (primary N) is 1. The molecule has 0 aliphatic rings. The number of nitrogen functional groups attached to an aromatic ring is 1. The van der Waals surface area contributed by atoms with Gasteiger partial charge in [0.2, 0.25) is 11.6 Å². The summed E-state index contributed by atoms with van der Waals surface area (Å²) in [7, 11) is 0. The van der Waals surface area contributed by atoms with Gasteiger partial charge in [0, 0.05) is 0 Å². The van der Waals surface area contributed by atoms with E-state index in [0.29, 0.717) is 0 Å². The molecule has 1 aromatic heterocycles. The number of halogens is 16. The maximum Gasteiger partial charge on any atom is 0.460 e. The Morgan fingerprint density at radius 2 is 1.09 bits per heavy atom. The fourth-order valence-electron chi connectivity index (χ4n) is 1.88. The van der Waals surface area contributed by atoms with Crippen molar-refractivity contribution in [3.63, 3.8) is 0 Å². The molecule has 0 bridgehead atoms. The van der Waals surface area contributed by atoms with Crippen molar-refractivity contribution in [1.82, 2.24) is 4.98 Å². The van der Waals surface area contributed by atoms with Crippen molar-refractivity contribution in [3.05, 3.63) is 17.6 Å². The maximum absolute atomic E-state index is 13.5. The number of hydrogen-bond donors (Lipinski definition) is 1. The molecule has 0 unspecified atom stereocenters. The number of anilines is 1. The third kappa shape index (κ3) is 4.04. The molecule has 0 aliphatic carbocycles. The van der Waals surface area contributed by atoms with E-state index in [2.05, 4.69) is 9.72 Å². The average molecular weight is 510 g/mol. The Morgan fingerprint density at radius 3 is 1.53 bits per heavy atom. The monoisotopic (exact) mass is 510 g/mol. The maximum atomic E-state index is 13.5. The molecular weight excluding hydrogens is 504 g/mol. The number of hydrogen-bond acceptors (Lipinski definition) is 3. The molecule has 0 radical (unpaired) electrons. The minimum Gasteiger partial charge on any atom is -0.487 e. The van der Waals surface area contributed by atoms with E-state index in [4.69, 9.17) is 5.73 Å². The second kappa shape index (κ2) is 7.89. The highest BCUT2D eigenvalue weighted by Gasteiger charge is 2.90. The Balaban J connectivity index is 3.23. The topological polar surface area (TPSA) is 48.1 Å². The molecule has 2 N–H and O–H groups in total. The number of ether oxygens (including phenoxy) is 1. The number of aromatic nitrogens is 1. The van der Waals surface area contributed by atoms with Crippen molar-refractivity contribution in [2.75, 3.05) is 12.3 Å². The van der Waals surface area contributed by atoms with E-state index in [-0.39, 0.29) is 0 Å². The van der Waals surface area contributed by atoms with E-state index < -0.39 is 78.0 Å². The van der Waals surface area contributed by atoms with Crippen LogP contribution >= 0.6 is 0 Å². The zero-order valence-electron chi connectivity index (χ0n) is 14.4. The lowest BCUT2D eigenvalue weighted by Gasteiger charge is -2.39. The molecule has 1 heterocycles. The number of alkyl halides is 13. The summed E-state index contributed by atoms with van der Waals surface area (Å²) in [5, 5.41) is 0. The molecule has 3 nitrogen and oxygen atoms in total. The molecular formula is C13H6F16N2O. The van der Waals surface area contributed by atoms with Gasteiger partial charge < -0.3 is 10.5 Å². The van der Waals surface area contributed by atoms with Crippen LogP contribution in [-0.4, -0.2) is 47.4 Å². The Bertz CT molecular complexity index is 823. The van der Waals surface area contributed by atoms with E-state index in [0.717, 1.165) is 0 Å². The van der Waals surface area contributed by atoms with Crippen molar-refractivity contribution in [2.24, 2.45) is 0 Å². The van der Waals surface area contributed by atoms with Crippen LogP contribution in [0.5, 0.6) is 5.75 Å². The average Bonchev–Trinajstić information content (AvgIpc) is 2.61. The van der Waals surface area contributed by atoms with E-state index >= 15 is 0 Å². The number of pyridine rings is 1. The largest absolute Gasteiger partial charge is 0.487 e. The summed E-state index contributed by atoms with van der Waals surface area (Å²) in [4.78, 5) is 2.40. The normalized spacial score (nSPS) is 14.6. The van der Waals surface area contributed by atoms with Crippen LogP contribution in [0.2, 0.25) is 0 Å². The van der Waals surface area contributed by atoms with Gasteiger partial charge in [0.15, 0.2) is 11.6 Å². The first-order valence-electron chi connectivity index (χ1n) is 7.36. The molecule has 0 amide bonds. The van der Waals surface area contributed by atoms with Crippen molar-refractivity contribution >= 4 is 5.82 Å². The van der Waals surface area contributed by atoms with Gasteiger partial charge in [-0.3, -0.25) is 0 Å². The molecule has 0 aromatic carbocycles. The van der Waals surface area contributed by atoms with E-state index in [9.17, 15) is 70.2 Å². The molecule has 0 saturated heterocycles. The zero-order valence-corrected chi connectivity index (χ0v) is 14.4. The van der Waals surface area contributed by atoms with Gasteiger partial charge in [-0.2, -0.15) is 75.2 Å². The highest BCUT2D eigenvalue weighted by molar-refractivity contribution is 5.40. The van der Waals surface area contributed by atoms with Crippen molar-refractivity contribution in [1.29, 1.82) is 0 Å². The molecule has 0 atom stereocenters. The fraction of sp³-hybridized carbons (Fsp3) is 0.615. The van der Waals surface area contributed by atoms with Crippen LogP contribution in [0.15, 0.2) is 0 Å². The first kappa shape index (κ1) is 27.7. The smallest absolute Gasteiger partial charge is 0.460 e. The SMILES string of the molecule is Nc1nc(F)c(F)c(OCCC(F)(F)C(F)(F)C(F)(F)C(F)(F)C(F)(F)C(F)(F)F)c1F. The minimum absolute atomic E-state index is 1.46. The summed E-state index contributed by atoms with van der Waals surface area (Å²) in [6, 6.07) is 0. The molecule has 32 heavy (non-hydrogen) atoms. The van der Waals surface area contributed by atoms with Gasteiger partial charge in [0.1, 0.15) is 0 Å². The van der Waals surface area contributed by atoms with Gasteiger partial charge in [0.25, 0.3) is 5.95 Å². The summed E-state index contributed by atoms with van der Waals surface area (Å²) >= 11 is 0. The van der Waals surface area contributed by atoms with E-state index in [1.807, 2.05) is 0 Å². The van der Waals surface area contributed by atoms with E-state index in [1.165, 1.54) is 0 Å². The molecule has 19 heteroatoms. The van der Waals surface area contributed by atoms with Gasteiger partial charge >= 0.3 is 35.8 Å². The highest BCUT2D eigenvalue weighted by Crippen LogP contribution is 2.60. The third-order valence-corrected chi connectivity index (χ3v) is 3.68. The Hall–Kier alpha value is -2.37. The lowest BCUT2D eigenvalue weighted by Crippen LogP contribution is -2.70. The Labute approximate surface area is 165 Å². The van der Waals surface area contributed by atoms with Crippen LogP contribution in [0.1, 0.15) is 6.42 Å². The molecule has 1 rings (SSSR count). The first-order valence-corrected chi connectivity index (χ1v) is 7.36. The second-order valence-electron chi connectivity index (χ2n) is 5.84. The molecule has 0 fully saturated rings. The predicted molar refractivity (Wildman–Crippen MR) is 69.4 cm³/mol. The molecule has 0 aliphatic heterocycles. The summed E-state index contributed by atoms with van der Waals surface area (Å²) in [5.41, 5.74) is 4.71. The van der Waals surface area contributed by atoms with Crippen LogP contribution in [0.4, 0.5) is 76.1 Å². The van der Waals surface area contributed by atoms with Crippen LogP contribution < -0.4 is 10.5 Å². The third-order valence-electron chi connectivity index (χ3n) is 3.68. The quantitative estimate of drug-likeness (QED) is 0.367. The van der Waals surface area contributed by atoms with Crippen LogP contribution in [0.25, 0.3) is 0 Å². The van der Waals surface area contributed by atoms with Gasteiger partial charge in [-0.1, -0.05) is 0 Å². The van der Waals surface area contributed by atoms with Crippen molar-refractivity contribution in [2.45, 2.75) is 42.2 Å². The van der Waals surface area contributed by atoms with Gasteiger partial charge in [0.05, 0.1) is 13.0 Å². The summed E-state index contributed by atoms with van der Waals surface area (Å²) in [5.74, 6) is -48.3. The summed E-state index contributed by atoms with van der Waals surface area (Å²) in [6.07, 6.45) is -10.5. The highest BCUT2D eigenvalue weighted by atomic mass is 19.4. The number of nitrogens with zero attached hydrogens (tertiary/aromatic N) is 1. The van der Waals surface area contributed by atoms with Gasteiger partial charge in [-0.25, -0.2) is 0 Å². The molecule has 186 valence electrons. The lowest BCUT2D eigenvalue weighted by atomic mass is 9.93.